The Kier molecular flexibility index (Phi) is 4.58. The monoisotopic (exact) mass is 238 g/mol. The maximum atomic E-state index is 11.8. The molecular formula is C10H17F3N2O. The summed E-state index contributed by atoms with van der Waals surface area (Å²) >= 11 is 0. The molecule has 2 unspecified atom stereocenters. The van der Waals surface area contributed by atoms with Gasteiger partial charge in [-0.05, 0) is 18.8 Å². The van der Waals surface area contributed by atoms with E-state index in [2.05, 4.69) is 10.6 Å². The summed E-state index contributed by atoms with van der Waals surface area (Å²) in [5.74, 6) is 0.0644. The van der Waals surface area contributed by atoms with Crippen molar-refractivity contribution in [2.75, 3.05) is 13.1 Å². The third-order valence-electron chi connectivity index (χ3n) is 2.82. The lowest BCUT2D eigenvalue weighted by Crippen LogP contribution is -2.43. The molecule has 2 N–H and O–H groups in total. The number of carbonyl (C=O) groups excluding carboxylic acids is 1. The van der Waals surface area contributed by atoms with Gasteiger partial charge in [0.1, 0.15) is 0 Å². The topological polar surface area (TPSA) is 41.1 Å². The van der Waals surface area contributed by atoms with Crippen LogP contribution in [0.2, 0.25) is 0 Å². The van der Waals surface area contributed by atoms with E-state index in [9.17, 15) is 18.0 Å². The molecule has 0 spiro atoms. The van der Waals surface area contributed by atoms with Crippen LogP contribution in [0, 0.1) is 5.92 Å². The van der Waals surface area contributed by atoms with Crippen molar-refractivity contribution in [3.8, 4) is 0 Å². The summed E-state index contributed by atoms with van der Waals surface area (Å²) in [5, 5.41) is 4.82. The summed E-state index contributed by atoms with van der Waals surface area (Å²) < 4.78 is 35.3. The van der Waals surface area contributed by atoms with E-state index in [4.69, 9.17) is 0 Å². The maximum Gasteiger partial charge on any atom is 0.401 e. The number of halogens is 3. The molecule has 1 fully saturated rings. The van der Waals surface area contributed by atoms with Crippen LogP contribution in [-0.4, -0.2) is 31.2 Å². The molecule has 6 heteroatoms. The minimum atomic E-state index is -4.26. The second kappa shape index (κ2) is 5.52. The minimum Gasteiger partial charge on any atom is -0.352 e. The number of hydrogen-bond donors (Lipinski definition) is 2. The lowest BCUT2D eigenvalue weighted by atomic mass is 10.1. The van der Waals surface area contributed by atoms with E-state index in [0.717, 1.165) is 19.3 Å². The Balaban J connectivity index is 2.16. The molecule has 1 aliphatic rings. The molecule has 1 aliphatic carbocycles. The van der Waals surface area contributed by atoms with E-state index in [1.165, 1.54) is 0 Å². The summed E-state index contributed by atoms with van der Waals surface area (Å²) in [4.78, 5) is 11.3. The molecule has 1 amide bonds. The summed E-state index contributed by atoms with van der Waals surface area (Å²) in [6.07, 6.45) is -1.20. The van der Waals surface area contributed by atoms with Crippen molar-refractivity contribution >= 4 is 5.91 Å². The third kappa shape index (κ3) is 4.83. The summed E-state index contributed by atoms with van der Waals surface area (Å²) in [6.45, 7) is 0.643. The number of alkyl halides is 3. The average molecular weight is 238 g/mol. The first kappa shape index (κ1) is 13.3. The van der Waals surface area contributed by atoms with Crippen LogP contribution in [0.5, 0.6) is 0 Å². The average Bonchev–Trinajstić information content (AvgIpc) is 2.49. The molecule has 0 aromatic rings. The maximum absolute atomic E-state index is 11.8. The van der Waals surface area contributed by atoms with Gasteiger partial charge in [-0.15, -0.1) is 0 Å². The van der Waals surface area contributed by atoms with Gasteiger partial charge in [-0.1, -0.05) is 13.3 Å². The quantitative estimate of drug-likeness (QED) is 0.778. The molecule has 94 valence electrons. The van der Waals surface area contributed by atoms with Crippen LogP contribution in [0.25, 0.3) is 0 Å². The molecule has 3 nitrogen and oxygen atoms in total. The van der Waals surface area contributed by atoms with Crippen molar-refractivity contribution in [1.82, 2.24) is 10.6 Å². The van der Waals surface area contributed by atoms with Crippen molar-refractivity contribution in [2.45, 2.75) is 38.4 Å². The van der Waals surface area contributed by atoms with E-state index in [-0.39, 0.29) is 18.5 Å². The van der Waals surface area contributed by atoms with Crippen molar-refractivity contribution < 1.29 is 18.0 Å². The van der Waals surface area contributed by atoms with Gasteiger partial charge in [0.2, 0.25) is 5.91 Å². The Bertz CT molecular complexity index is 243. The van der Waals surface area contributed by atoms with Crippen molar-refractivity contribution in [3.05, 3.63) is 0 Å². The van der Waals surface area contributed by atoms with Gasteiger partial charge in [0.25, 0.3) is 0 Å². The van der Waals surface area contributed by atoms with E-state index in [1.807, 2.05) is 6.92 Å². The zero-order valence-corrected chi connectivity index (χ0v) is 9.23. The highest BCUT2D eigenvalue weighted by molar-refractivity contribution is 5.78. The summed E-state index contributed by atoms with van der Waals surface area (Å²) in [7, 11) is 0. The zero-order valence-electron chi connectivity index (χ0n) is 9.23. The first-order valence-corrected chi connectivity index (χ1v) is 5.45. The molecule has 2 atom stereocenters. The molecule has 16 heavy (non-hydrogen) atoms. The standard InChI is InChI=1S/C10H17F3N2O/c1-7-3-2-4-8(7)15-9(16)5-14-6-10(11,12)13/h7-8,14H,2-6H2,1H3,(H,15,16). The molecule has 0 radical (unpaired) electrons. The fourth-order valence-electron chi connectivity index (χ4n) is 1.94. The predicted octanol–water partition coefficient (Wildman–Crippen LogP) is 1.44. The Morgan fingerprint density at radius 2 is 2.06 bits per heavy atom. The molecule has 1 saturated carbocycles. The molecule has 0 saturated heterocycles. The van der Waals surface area contributed by atoms with Gasteiger partial charge >= 0.3 is 6.18 Å². The summed E-state index contributed by atoms with van der Waals surface area (Å²) in [5.41, 5.74) is 0. The summed E-state index contributed by atoms with van der Waals surface area (Å²) in [6, 6.07) is 0.125. The van der Waals surface area contributed by atoms with Crippen LogP contribution in [0.1, 0.15) is 26.2 Å². The van der Waals surface area contributed by atoms with Gasteiger partial charge in [0, 0.05) is 6.04 Å². The lowest BCUT2D eigenvalue weighted by Gasteiger charge is -2.17. The number of rotatable bonds is 4. The van der Waals surface area contributed by atoms with E-state index in [0.29, 0.717) is 5.92 Å². The number of hydrogen-bond acceptors (Lipinski definition) is 2. The SMILES string of the molecule is CC1CCCC1NC(=O)CNCC(F)(F)F. The molecule has 0 bridgehead atoms. The van der Waals surface area contributed by atoms with E-state index >= 15 is 0 Å². The first-order valence-electron chi connectivity index (χ1n) is 5.45. The van der Waals surface area contributed by atoms with Crippen molar-refractivity contribution in [3.63, 3.8) is 0 Å². The molecule has 1 rings (SSSR count). The number of nitrogens with one attached hydrogen (secondary N) is 2. The lowest BCUT2D eigenvalue weighted by molar-refractivity contribution is -0.128. The highest BCUT2D eigenvalue weighted by Crippen LogP contribution is 2.24. The largest absolute Gasteiger partial charge is 0.401 e. The van der Waals surface area contributed by atoms with Crippen LogP contribution >= 0.6 is 0 Å². The number of amides is 1. The second-order valence-corrected chi connectivity index (χ2v) is 4.30. The second-order valence-electron chi connectivity index (χ2n) is 4.30. The van der Waals surface area contributed by atoms with Crippen LogP contribution in [0.4, 0.5) is 13.2 Å². The minimum absolute atomic E-state index is 0.125. The number of carbonyl (C=O) groups is 1. The Morgan fingerprint density at radius 3 is 2.56 bits per heavy atom. The van der Waals surface area contributed by atoms with Gasteiger partial charge < -0.3 is 10.6 Å². The smallest absolute Gasteiger partial charge is 0.352 e. The molecule has 0 aliphatic heterocycles. The molecule has 0 aromatic carbocycles. The first-order chi connectivity index (χ1) is 7.38. The van der Waals surface area contributed by atoms with Gasteiger partial charge in [-0.3, -0.25) is 4.79 Å². The Morgan fingerprint density at radius 1 is 1.38 bits per heavy atom. The normalized spacial score (nSPS) is 25.8. The van der Waals surface area contributed by atoms with Crippen LogP contribution < -0.4 is 10.6 Å². The van der Waals surface area contributed by atoms with Crippen LogP contribution in [-0.2, 0) is 4.79 Å². The van der Waals surface area contributed by atoms with Crippen molar-refractivity contribution in [1.29, 1.82) is 0 Å². The Hall–Kier alpha value is -0.780. The highest BCUT2D eigenvalue weighted by Gasteiger charge is 2.27. The van der Waals surface area contributed by atoms with Crippen LogP contribution in [0.15, 0.2) is 0 Å². The van der Waals surface area contributed by atoms with E-state index in [1.54, 1.807) is 0 Å². The van der Waals surface area contributed by atoms with Gasteiger partial charge in [-0.2, -0.15) is 13.2 Å². The van der Waals surface area contributed by atoms with E-state index < -0.39 is 12.7 Å². The zero-order chi connectivity index (χ0) is 12.2. The molecular weight excluding hydrogens is 221 g/mol. The molecule has 0 aromatic heterocycles. The molecule has 0 heterocycles. The third-order valence-corrected chi connectivity index (χ3v) is 2.82. The highest BCUT2D eigenvalue weighted by atomic mass is 19.4. The van der Waals surface area contributed by atoms with Gasteiger partial charge in [-0.25, -0.2) is 0 Å². The van der Waals surface area contributed by atoms with Gasteiger partial charge in [0.15, 0.2) is 0 Å². The van der Waals surface area contributed by atoms with Crippen LogP contribution in [0.3, 0.4) is 0 Å². The van der Waals surface area contributed by atoms with Gasteiger partial charge in [0.05, 0.1) is 13.1 Å². The predicted molar refractivity (Wildman–Crippen MR) is 53.9 cm³/mol. The fraction of sp³-hybridized carbons (Fsp3) is 0.900. The fourth-order valence-corrected chi connectivity index (χ4v) is 1.94. The Labute approximate surface area is 92.8 Å². The van der Waals surface area contributed by atoms with Crippen molar-refractivity contribution in [2.24, 2.45) is 5.92 Å².